The van der Waals surface area contributed by atoms with Crippen molar-refractivity contribution in [2.45, 2.75) is 32.3 Å². The van der Waals surface area contributed by atoms with E-state index in [2.05, 4.69) is 12.1 Å². The molecule has 1 atom stereocenters. The van der Waals surface area contributed by atoms with Crippen molar-refractivity contribution in [2.24, 2.45) is 5.92 Å². The van der Waals surface area contributed by atoms with E-state index in [1.165, 1.54) is 29.7 Å². The molecule has 0 amide bonds. The highest BCUT2D eigenvalue weighted by molar-refractivity contribution is 7.80. The molecule has 86 valence electrons. The van der Waals surface area contributed by atoms with Crippen LogP contribution in [0.3, 0.4) is 0 Å². The molecule has 1 aliphatic rings. The highest BCUT2D eigenvalue weighted by atomic mass is 32.1. The van der Waals surface area contributed by atoms with Crippen molar-refractivity contribution in [3.63, 3.8) is 0 Å². The van der Waals surface area contributed by atoms with Crippen molar-refractivity contribution >= 4 is 17.1 Å². The number of benzene rings is 1. The third-order valence-corrected chi connectivity index (χ3v) is 3.65. The number of ether oxygens (including phenoxy) is 1. The Balaban J connectivity index is 1.73. The van der Waals surface area contributed by atoms with Gasteiger partial charge < -0.3 is 4.74 Å². The van der Waals surface area contributed by atoms with Crippen LogP contribution in [0.1, 0.15) is 31.2 Å². The summed E-state index contributed by atoms with van der Waals surface area (Å²) < 4.78 is 5.74. The SMILES string of the molecule is S=C1CCCCC1COCc1ccccc1. The first-order chi connectivity index (χ1) is 7.86. The van der Waals surface area contributed by atoms with Crippen LogP contribution in [0.5, 0.6) is 0 Å². The predicted octanol–water partition coefficient (Wildman–Crippen LogP) is 3.76. The first kappa shape index (κ1) is 11.7. The summed E-state index contributed by atoms with van der Waals surface area (Å²) in [5.41, 5.74) is 1.24. The third kappa shape index (κ3) is 3.39. The summed E-state index contributed by atoms with van der Waals surface area (Å²) in [4.78, 5) is 1.22. The largest absolute Gasteiger partial charge is 0.376 e. The van der Waals surface area contributed by atoms with Crippen LogP contribution in [0.15, 0.2) is 30.3 Å². The zero-order valence-electron chi connectivity index (χ0n) is 9.52. The van der Waals surface area contributed by atoms with Gasteiger partial charge in [-0.3, -0.25) is 0 Å². The Bertz CT molecular complexity index is 334. The highest BCUT2D eigenvalue weighted by Crippen LogP contribution is 2.22. The maximum Gasteiger partial charge on any atom is 0.0717 e. The molecule has 1 saturated carbocycles. The van der Waals surface area contributed by atoms with E-state index in [4.69, 9.17) is 17.0 Å². The molecule has 1 aromatic carbocycles. The average molecular weight is 234 g/mol. The van der Waals surface area contributed by atoms with Crippen molar-refractivity contribution < 1.29 is 4.74 Å². The van der Waals surface area contributed by atoms with Crippen molar-refractivity contribution in [2.75, 3.05) is 6.61 Å². The van der Waals surface area contributed by atoms with Crippen LogP contribution >= 0.6 is 12.2 Å². The van der Waals surface area contributed by atoms with Crippen LogP contribution in [0.2, 0.25) is 0 Å². The zero-order chi connectivity index (χ0) is 11.2. The molecule has 1 aliphatic carbocycles. The lowest BCUT2D eigenvalue weighted by Gasteiger charge is -2.22. The van der Waals surface area contributed by atoms with Gasteiger partial charge in [0.1, 0.15) is 0 Å². The van der Waals surface area contributed by atoms with E-state index < -0.39 is 0 Å². The first-order valence-electron chi connectivity index (χ1n) is 6.00. The third-order valence-electron chi connectivity index (χ3n) is 3.11. The summed E-state index contributed by atoms with van der Waals surface area (Å²) in [5.74, 6) is 0.521. The fraction of sp³-hybridized carbons (Fsp3) is 0.500. The summed E-state index contributed by atoms with van der Waals surface area (Å²) in [7, 11) is 0. The highest BCUT2D eigenvalue weighted by Gasteiger charge is 2.18. The van der Waals surface area contributed by atoms with Crippen LogP contribution in [-0.2, 0) is 11.3 Å². The molecule has 2 heteroatoms. The van der Waals surface area contributed by atoms with Gasteiger partial charge in [0.25, 0.3) is 0 Å². The molecular weight excluding hydrogens is 216 g/mol. The fourth-order valence-corrected chi connectivity index (χ4v) is 2.45. The van der Waals surface area contributed by atoms with Gasteiger partial charge in [0.05, 0.1) is 13.2 Å². The van der Waals surface area contributed by atoms with Gasteiger partial charge in [-0.05, 0) is 29.7 Å². The zero-order valence-corrected chi connectivity index (χ0v) is 10.3. The van der Waals surface area contributed by atoms with Crippen LogP contribution in [0, 0.1) is 5.92 Å². The van der Waals surface area contributed by atoms with E-state index in [-0.39, 0.29) is 0 Å². The van der Waals surface area contributed by atoms with Crippen molar-refractivity contribution in [3.8, 4) is 0 Å². The van der Waals surface area contributed by atoms with Crippen LogP contribution in [-0.4, -0.2) is 11.5 Å². The Kier molecular flexibility index (Phi) is 4.49. The molecule has 0 N–H and O–H groups in total. The normalized spacial score (nSPS) is 21.0. The summed E-state index contributed by atoms with van der Waals surface area (Å²) in [6.45, 7) is 1.51. The minimum absolute atomic E-state index is 0.521. The van der Waals surface area contributed by atoms with Gasteiger partial charge in [0.2, 0.25) is 0 Å². The molecular formula is C14H18OS. The quantitative estimate of drug-likeness (QED) is 0.734. The standard InChI is InChI=1S/C14H18OS/c16-14-9-5-4-8-13(14)11-15-10-12-6-2-1-3-7-12/h1-3,6-7,13H,4-5,8-11H2. The van der Waals surface area contributed by atoms with Gasteiger partial charge in [-0.25, -0.2) is 0 Å². The van der Waals surface area contributed by atoms with E-state index in [1.807, 2.05) is 18.2 Å². The lowest BCUT2D eigenvalue weighted by atomic mass is 9.90. The second-order valence-electron chi connectivity index (χ2n) is 4.41. The molecule has 1 unspecified atom stereocenters. The Morgan fingerprint density at radius 1 is 1.19 bits per heavy atom. The van der Waals surface area contributed by atoms with Crippen molar-refractivity contribution in [1.29, 1.82) is 0 Å². The maximum absolute atomic E-state index is 5.74. The van der Waals surface area contributed by atoms with E-state index in [1.54, 1.807) is 0 Å². The second-order valence-corrected chi connectivity index (χ2v) is 4.93. The van der Waals surface area contributed by atoms with Crippen molar-refractivity contribution in [1.82, 2.24) is 0 Å². The van der Waals surface area contributed by atoms with Crippen LogP contribution < -0.4 is 0 Å². The molecule has 0 heterocycles. The van der Waals surface area contributed by atoms with Gasteiger partial charge in [0, 0.05) is 5.92 Å². The summed E-state index contributed by atoms with van der Waals surface area (Å²) in [6.07, 6.45) is 4.91. The second kappa shape index (κ2) is 6.12. The van der Waals surface area contributed by atoms with E-state index in [0.717, 1.165) is 13.0 Å². The molecule has 0 saturated heterocycles. The molecule has 0 aliphatic heterocycles. The van der Waals surface area contributed by atoms with Gasteiger partial charge >= 0.3 is 0 Å². The number of hydrogen-bond donors (Lipinski definition) is 0. The lowest BCUT2D eigenvalue weighted by molar-refractivity contribution is 0.0997. The smallest absolute Gasteiger partial charge is 0.0717 e. The van der Waals surface area contributed by atoms with Crippen LogP contribution in [0.25, 0.3) is 0 Å². The summed E-state index contributed by atoms with van der Waals surface area (Å²) in [6, 6.07) is 10.3. The number of hydrogen-bond acceptors (Lipinski definition) is 2. The van der Waals surface area contributed by atoms with Gasteiger partial charge in [-0.2, -0.15) is 0 Å². The Morgan fingerprint density at radius 2 is 2.00 bits per heavy atom. The maximum atomic E-state index is 5.74. The minimum Gasteiger partial charge on any atom is -0.376 e. The van der Waals surface area contributed by atoms with Crippen molar-refractivity contribution in [3.05, 3.63) is 35.9 Å². The van der Waals surface area contributed by atoms with Crippen LogP contribution in [0.4, 0.5) is 0 Å². The fourth-order valence-electron chi connectivity index (χ4n) is 2.12. The van der Waals surface area contributed by atoms with E-state index in [9.17, 15) is 0 Å². The first-order valence-corrected chi connectivity index (χ1v) is 6.41. The molecule has 0 aromatic heterocycles. The number of thiocarbonyl (C=S) groups is 1. The van der Waals surface area contributed by atoms with E-state index >= 15 is 0 Å². The Hall–Kier alpha value is -0.730. The number of rotatable bonds is 4. The lowest BCUT2D eigenvalue weighted by Crippen LogP contribution is -2.22. The molecule has 2 rings (SSSR count). The molecule has 0 radical (unpaired) electrons. The summed E-state index contributed by atoms with van der Waals surface area (Å²) in [5, 5.41) is 0. The molecule has 16 heavy (non-hydrogen) atoms. The predicted molar refractivity (Wildman–Crippen MR) is 70.7 cm³/mol. The molecule has 1 nitrogen and oxygen atoms in total. The molecule has 1 aromatic rings. The monoisotopic (exact) mass is 234 g/mol. The van der Waals surface area contributed by atoms with Gasteiger partial charge in [0.15, 0.2) is 0 Å². The minimum atomic E-state index is 0.521. The average Bonchev–Trinajstić information content (AvgIpc) is 2.33. The summed E-state index contributed by atoms with van der Waals surface area (Å²) >= 11 is 5.38. The Labute approximate surface area is 103 Å². The van der Waals surface area contributed by atoms with Gasteiger partial charge in [-0.1, -0.05) is 49.0 Å². The molecule has 0 spiro atoms. The van der Waals surface area contributed by atoms with Gasteiger partial charge in [-0.15, -0.1) is 0 Å². The van der Waals surface area contributed by atoms with E-state index in [0.29, 0.717) is 12.5 Å². The topological polar surface area (TPSA) is 9.23 Å². The molecule has 1 fully saturated rings. The molecule has 0 bridgehead atoms. The Morgan fingerprint density at radius 3 is 2.75 bits per heavy atom.